The maximum atomic E-state index is 13.3. The second kappa shape index (κ2) is 7.69. The average Bonchev–Trinajstić information content (AvgIpc) is 3.22. The summed E-state index contributed by atoms with van der Waals surface area (Å²) in [5, 5.41) is 0.847. The molecule has 7 heteroatoms. The summed E-state index contributed by atoms with van der Waals surface area (Å²) in [6.45, 7) is 1.90. The van der Waals surface area contributed by atoms with E-state index in [4.69, 9.17) is 4.42 Å². The molecule has 4 rings (SSSR count). The van der Waals surface area contributed by atoms with E-state index < -0.39 is 10.0 Å². The highest BCUT2D eigenvalue weighted by molar-refractivity contribution is 7.89. The molecule has 0 unspecified atom stereocenters. The minimum atomic E-state index is -3.83. The monoisotopic (exact) mass is 408 g/mol. The van der Waals surface area contributed by atoms with Crippen LogP contribution in [0.4, 0.5) is 0 Å². The number of aromatic nitrogens is 1. The van der Waals surface area contributed by atoms with Gasteiger partial charge in [-0.15, -0.1) is 0 Å². The Balaban J connectivity index is 1.76. The van der Waals surface area contributed by atoms with E-state index in [0.717, 1.165) is 16.5 Å². The zero-order valence-corrected chi connectivity index (χ0v) is 16.6. The molecule has 0 saturated heterocycles. The molecule has 0 aliphatic heterocycles. The lowest BCUT2D eigenvalue weighted by Crippen LogP contribution is -2.32. The highest BCUT2D eigenvalue weighted by Crippen LogP contribution is 2.21. The predicted octanol–water partition coefficient (Wildman–Crippen LogP) is 3.82. The first-order valence-electron chi connectivity index (χ1n) is 9.13. The molecule has 2 aromatic heterocycles. The van der Waals surface area contributed by atoms with Gasteiger partial charge in [0.1, 0.15) is 5.76 Å². The van der Waals surface area contributed by atoms with Gasteiger partial charge < -0.3 is 9.40 Å². The van der Waals surface area contributed by atoms with Gasteiger partial charge >= 0.3 is 0 Å². The van der Waals surface area contributed by atoms with Crippen molar-refractivity contribution < 1.29 is 12.8 Å². The average molecular weight is 408 g/mol. The summed E-state index contributed by atoms with van der Waals surface area (Å²) in [5.74, 6) is 0.498. The molecule has 1 N–H and O–H groups in total. The van der Waals surface area contributed by atoms with E-state index >= 15 is 0 Å². The van der Waals surface area contributed by atoms with E-state index in [1.165, 1.54) is 22.7 Å². The molecular weight excluding hydrogens is 388 g/mol. The summed E-state index contributed by atoms with van der Waals surface area (Å²) in [5.41, 5.74) is 1.82. The lowest BCUT2D eigenvalue weighted by molar-refractivity contribution is 0.357. The number of aromatic amines is 1. The second-order valence-corrected chi connectivity index (χ2v) is 8.82. The van der Waals surface area contributed by atoms with Gasteiger partial charge in [-0.25, -0.2) is 8.42 Å². The molecule has 0 bridgehead atoms. The molecular formula is C22H20N2O4S. The Morgan fingerprint density at radius 1 is 0.966 bits per heavy atom. The number of nitrogens with zero attached hydrogens (tertiary/aromatic N) is 1. The van der Waals surface area contributed by atoms with E-state index in [-0.39, 0.29) is 23.5 Å². The first-order valence-corrected chi connectivity index (χ1v) is 10.6. The van der Waals surface area contributed by atoms with Gasteiger partial charge in [-0.3, -0.25) is 4.79 Å². The molecule has 29 heavy (non-hydrogen) atoms. The van der Waals surface area contributed by atoms with Gasteiger partial charge in [0.05, 0.1) is 17.7 Å². The summed E-state index contributed by atoms with van der Waals surface area (Å²) < 4.78 is 33.1. The van der Waals surface area contributed by atoms with Crippen molar-refractivity contribution in [3.8, 4) is 0 Å². The van der Waals surface area contributed by atoms with Crippen LogP contribution in [-0.4, -0.2) is 17.7 Å². The fourth-order valence-corrected chi connectivity index (χ4v) is 4.62. The maximum absolute atomic E-state index is 13.3. The van der Waals surface area contributed by atoms with Crippen molar-refractivity contribution in [2.45, 2.75) is 24.9 Å². The van der Waals surface area contributed by atoms with Crippen LogP contribution < -0.4 is 5.56 Å². The number of pyridine rings is 1. The third kappa shape index (κ3) is 4.01. The van der Waals surface area contributed by atoms with Gasteiger partial charge in [-0.2, -0.15) is 4.31 Å². The van der Waals surface area contributed by atoms with Crippen LogP contribution in [0.5, 0.6) is 0 Å². The largest absolute Gasteiger partial charge is 0.468 e. The summed E-state index contributed by atoms with van der Waals surface area (Å²) in [4.78, 5) is 15.7. The third-order valence-electron chi connectivity index (χ3n) is 4.72. The number of rotatable bonds is 6. The molecule has 0 aliphatic rings. The number of nitrogens with one attached hydrogen (secondary N) is 1. The van der Waals surface area contributed by atoms with Gasteiger partial charge in [-0.1, -0.05) is 30.3 Å². The van der Waals surface area contributed by atoms with E-state index in [0.29, 0.717) is 11.3 Å². The number of hydrogen-bond donors (Lipinski definition) is 1. The molecule has 0 amide bonds. The van der Waals surface area contributed by atoms with Crippen LogP contribution in [0.15, 0.2) is 87.1 Å². The van der Waals surface area contributed by atoms with E-state index in [9.17, 15) is 13.2 Å². The summed E-state index contributed by atoms with van der Waals surface area (Å²) in [6.07, 6.45) is 1.49. The zero-order chi connectivity index (χ0) is 20.4. The SMILES string of the molecule is Cc1ccc2cc(CN(Cc3ccco3)S(=O)(=O)c3ccccc3)c(=O)[nH]c2c1. The number of H-pyrrole nitrogens is 1. The Morgan fingerprint density at radius 3 is 2.48 bits per heavy atom. The normalized spacial score (nSPS) is 11.9. The highest BCUT2D eigenvalue weighted by atomic mass is 32.2. The van der Waals surface area contributed by atoms with Crippen LogP contribution in [0.1, 0.15) is 16.9 Å². The number of hydrogen-bond acceptors (Lipinski definition) is 4. The van der Waals surface area contributed by atoms with Crippen LogP contribution in [0.2, 0.25) is 0 Å². The fraction of sp³-hybridized carbons (Fsp3) is 0.136. The van der Waals surface area contributed by atoms with Crippen molar-refractivity contribution >= 4 is 20.9 Å². The minimum absolute atomic E-state index is 0.0234. The highest BCUT2D eigenvalue weighted by Gasteiger charge is 2.26. The predicted molar refractivity (Wildman–Crippen MR) is 111 cm³/mol. The number of sulfonamides is 1. The van der Waals surface area contributed by atoms with Crippen molar-refractivity contribution in [3.05, 3.63) is 100 Å². The van der Waals surface area contributed by atoms with Gasteiger partial charge in [0.25, 0.3) is 5.56 Å². The number of benzene rings is 2. The van der Waals surface area contributed by atoms with Gasteiger partial charge in [0.15, 0.2) is 0 Å². The van der Waals surface area contributed by atoms with Gasteiger partial charge in [-0.05, 0) is 54.3 Å². The lowest BCUT2D eigenvalue weighted by atomic mass is 10.1. The first kappa shape index (κ1) is 19.2. The Labute approximate surface area is 168 Å². The first-order chi connectivity index (χ1) is 13.9. The molecule has 0 radical (unpaired) electrons. The van der Waals surface area contributed by atoms with Crippen LogP contribution in [0.3, 0.4) is 0 Å². The van der Waals surface area contributed by atoms with Crippen molar-refractivity contribution in [1.82, 2.24) is 9.29 Å². The molecule has 2 heterocycles. The molecule has 0 fully saturated rings. The van der Waals surface area contributed by atoms with E-state index in [1.54, 1.807) is 36.4 Å². The number of furan rings is 1. The molecule has 0 saturated carbocycles. The number of fused-ring (bicyclic) bond motifs is 1. The Bertz CT molecular complexity index is 1290. The molecule has 0 atom stereocenters. The fourth-order valence-electron chi connectivity index (χ4n) is 3.21. The molecule has 2 aromatic carbocycles. The molecule has 6 nitrogen and oxygen atoms in total. The van der Waals surface area contributed by atoms with Crippen molar-refractivity contribution in [1.29, 1.82) is 0 Å². The molecule has 0 aliphatic carbocycles. The topological polar surface area (TPSA) is 83.4 Å². The Morgan fingerprint density at radius 2 is 1.76 bits per heavy atom. The Kier molecular flexibility index (Phi) is 5.08. The van der Waals surface area contributed by atoms with Crippen LogP contribution in [0.25, 0.3) is 10.9 Å². The Hall–Kier alpha value is -3.16. The van der Waals surface area contributed by atoms with Gasteiger partial charge in [0.2, 0.25) is 10.0 Å². The van der Waals surface area contributed by atoms with Crippen LogP contribution >= 0.6 is 0 Å². The van der Waals surface area contributed by atoms with E-state index in [2.05, 4.69) is 4.98 Å². The zero-order valence-electron chi connectivity index (χ0n) is 15.8. The minimum Gasteiger partial charge on any atom is -0.468 e. The number of aryl methyl sites for hydroxylation is 1. The third-order valence-corrected chi connectivity index (χ3v) is 6.52. The summed E-state index contributed by atoms with van der Waals surface area (Å²) in [7, 11) is -3.83. The smallest absolute Gasteiger partial charge is 0.252 e. The van der Waals surface area contributed by atoms with Crippen LogP contribution in [-0.2, 0) is 23.1 Å². The van der Waals surface area contributed by atoms with Crippen molar-refractivity contribution in [2.24, 2.45) is 0 Å². The van der Waals surface area contributed by atoms with Crippen molar-refractivity contribution in [3.63, 3.8) is 0 Å². The lowest BCUT2D eigenvalue weighted by Gasteiger charge is -2.21. The van der Waals surface area contributed by atoms with Gasteiger partial charge in [0, 0.05) is 17.6 Å². The molecule has 148 valence electrons. The molecule has 4 aromatic rings. The maximum Gasteiger partial charge on any atom is 0.252 e. The van der Waals surface area contributed by atoms with Crippen molar-refractivity contribution in [2.75, 3.05) is 0 Å². The molecule has 0 spiro atoms. The summed E-state index contributed by atoms with van der Waals surface area (Å²) >= 11 is 0. The van der Waals surface area contributed by atoms with Crippen LogP contribution in [0, 0.1) is 6.92 Å². The second-order valence-electron chi connectivity index (χ2n) is 6.88. The summed E-state index contributed by atoms with van der Waals surface area (Å²) in [6, 6.07) is 19.1. The quantitative estimate of drug-likeness (QED) is 0.526. The standard InChI is InChI=1S/C22H20N2O4S/c1-16-9-10-17-13-18(22(25)23-21(17)12-16)14-24(15-19-6-5-11-28-19)29(26,27)20-7-3-2-4-8-20/h2-13H,14-15H2,1H3,(H,23,25). The van der Waals surface area contributed by atoms with E-state index in [1.807, 2.05) is 25.1 Å².